The fourth-order valence-corrected chi connectivity index (χ4v) is 3.90. The Morgan fingerprint density at radius 3 is 2.46 bits per heavy atom. The van der Waals surface area contributed by atoms with Crippen LogP contribution in [0.2, 0.25) is 0 Å². The van der Waals surface area contributed by atoms with Gasteiger partial charge >= 0.3 is 0 Å². The van der Waals surface area contributed by atoms with Gasteiger partial charge in [-0.2, -0.15) is 14.9 Å². The summed E-state index contributed by atoms with van der Waals surface area (Å²) in [4.78, 5) is 13.6. The fraction of sp³-hybridized carbons (Fsp3) is 0. The molecular formula is C19H9N5OS. The maximum Gasteiger partial charge on any atom is 0.234 e. The number of hydrogen-bond donors (Lipinski definition) is 0. The summed E-state index contributed by atoms with van der Waals surface area (Å²) in [5.41, 5.74) is 1.51. The van der Waals surface area contributed by atoms with Gasteiger partial charge in [-0.3, -0.25) is 4.79 Å². The molecule has 0 fully saturated rings. The number of fused-ring (bicyclic) bond motifs is 4. The molecule has 2 aromatic carbocycles. The second kappa shape index (κ2) is 5.44. The Morgan fingerprint density at radius 1 is 0.962 bits per heavy atom. The van der Waals surface area contributed by atoms with E-state index in [1.807, 2.05) is 48.5 Å². The van der Waals surface area contributed by atoms with Crippen LogP contribution in [0, 0.1) is 11.3 Å². The highest BCUT2D eigenvalue weighted by atomic mass is 32.1. The van der Waals surface area contributed by atoms with Crippen LogP contribution in [0.15, 0.2) is 59.4 Å². The molecule has 1 aromatic heterocycles. The zero-order chi connectivity index (χ0) is 17.7. The van der Waals surface area contributed by atoms with E-state index >= 15 is 0 Å². The summed E-state index contributed by atoms with van der Waals surface area (Å²) < 4.78 is 1.61. The van der Waals surface area contributed by atoms with Crippen LogP contribution in [-0.4, -0.2) is 19.8 Å². The van der Waals surface area contributed by atoms with E-state index in [9.17, 15) is 10.1 Å². The second-order valence-electron chi connectivity index (χ2n) is 5.73. The smallest absolute Gasteiger partial charge is 0.234 e. The molecule has 3 aromatic rings. The third-order valence-corrected chi connectivity index (χ3v) is 5.19. The summed E-state index contributed by atoms with van der Waals surface area (Å²) in [7, 11) is 0. The molecular weight excluding hydrogens is 346 g/mol. The van der Waals surface area contributed by atoms with Crippen LogP contribution >= 0.6 is 11.3 Å². The van der Waals surface area contributed by atoms with E-state index in [1.165, 1.54) is 0 Å². The summed E-state index contributed by atoms with van der Waals surface area (Å²) in [6.07, 6.45) is 0. The van der Waals surface area contributed by atoms with E-state index in [0.717, 1.165) is 22.3 Å². The fourth-order valence-electron chi connectivity index (χ4n) is 3.09. The first kappa shape index (κ1) is 14.7. The predicted molar refractivity (Wildman–Crippen MR) is 99.2 cm³/mol. The number of aromatic nitrogens is 4. The van der Waals surface area contributed by atoms with Crippen LogP contribution in [-0.2, 0) is 0 Å². The highest BCUT2D eigenvalue weighted by Gasteiger charge is 2.23. The molecule has 5 rings (SSSR count). The molecule has 1 aliphatic heterocycles. The van der Waals surface area contributed by atoms with E-state index in [0.29, 0.717) is 27.4 Å². The van der Waals surface area contributed by atoms with Crippen molar-refractivity contribution < 1.29 is 0 Å². The Hall–Kier alpha value is -3.63. The Morgan fingerprint density at radius 2 is 1.69 bits per heavy atom. The van der Waals surface area contributed by atoms with E-state index in [4.69, 9.17) is 0 Å². The average molecular weight is 355 g/mol. The Bertz CT molecular complexity index is 1360. The van der Waals surface area contributed by atoms with Gasteiger partial charge in [-0.25, -0.2) is 0 Å². The summed E-state index contributed by atoms with van der Waals surface area (Å²) >= 11 is 1.12. The average Bonchev–Trinajstić information content (AvgIpc) is 3.15. The minimum atomic E-state index is -0.177. The molecule has 1 aliphatic carbocycles. The maximum atomic E-state index is 12.8. The number of hydrogen-bond acceptors (Lipinski definition) is 6. The summed E-state index contributed by atoms with van der Waals surface area (Å²) in [6, 6.07) is 19.0. The molecule has 122 valence electrons. The second-order valence-corrected chi connectivity index (χ2v) is 6.70. The van der Waals surface area contributed by atoms with Gasteiger partial charge in [-0.1, -0.05) is 65.9 Å². The molecule has 26 heavy (non-hydrogen) atoms. The van der Waals surface area contributed by atoms with Crippen LogP contribution in [0.4, 0.5) is 0 Å². The summed E-state index contributed by atoms with van der Waals surface area (Å²) in [5, 5.41) is 24.0. The Kier molecular flexibility index (Phi) is 3.07. The highest BCUT2D eigenvalue weighted by molar-refractivity contribution is 7.17. The van der Waals surface area contributed by atoms with Gasteiger partial charge in [0.15, 0.2) is 11.3 Å². The van der Waals surface area contributed by atoms with Crippen molar-refractivity contribution in [2.24, 2.45) is 0 Å². The van der Waals surface area contributed by atoms with Crippen molar-refractivity contribution in [3.05, 3.63) is 69.7 Å². The first-order valence-corrected chi connectivity index (χ1v) is 8.66. The van der Waals surface area contributed by atoms with Gasteiger partial charge in [0, 0.05) is 16.3 Å². The zero-order valence-electron chi connectivity index (χ0n) is 13.2. The SMILES string of the molecule is N#Cc1sc2nnc(-c3ccccc3)n2nc2c3ccccc3c(=O)c1-2. The van der Waals surface area contributed by atoms with Crippen LogP contribution in [0.3, 0.4) is 0 Å². The molecule has 2 heterocycles. The summed E-state index contributed by atoms with van der Waals surface area (Å²) in [5.74, 6) is 0.566. The molecule has 0 amide bonds. The monoisotopic (exact) mass is 355 g/mol. The third kappa shape index (κ3) is 1.96. The normalized spacial score (nSPS) is 11.2. The van der Waals surface area contributed by atoms with Gasteiger partial charge in [-0.15, -0.1) is 10.2 Å². The molecule has 0 N–H and O–H groups in total. The predicted octanol–water partition coefficient (Wildman–Crippen LogP) is 3.34. The summed E-state index contributed by atoms with van der Waals surface area (Å²) in [6.45, 7) is 0. The van der Waals surface area contributed by atoms with Crippen molar-refractivity contribution in [3.63, 3.8) is 0 Å². The van der Waals surface area contributed by atoms with Gasteiger partial charge in [0.1, 0.15) is 16.6 Å². The van der Waals surface area contributed by atoms with E-state index in [2.05, 4.69) is 21.4 Å². The van der Waals surface area contributed by atoms with Crippen LogP contribution in [0.25, 0.3) is 38.4 Å². The molecule has 0 atom stereocenters. The Balaban J connectivity index is 1.99. The lowest BCUT2D eigenvalue weighted by molar-refractivity contribution is 0.961. The number of nitrogens with zero attached hydrogens (tertiary/aromatic N) is 5. The van der Waals surface area contributed by atoms with Crippen molar-refractivity contribution in [1.82, 2.24) is 19.8 Å². The molecule has 7 heteroatoms. The van der Waals surface area contributed by atoms with Crippen molar-refractivity contribution >= 4 is 27.1 Å². The third-order valence-electron chi connectivity index (χ3n) is 4.26. The van der Waals surface area contributed by atoms with Gasteiger partial charge in [0.05, 0.1) is 5.56 Å². The Labute approximate surface area is 150 Å². The lowest BCUT2D eigenvalue weighted by atomic mass is 10.2. The highest BCUT2D eigenvalue weighted by Crippen LogP contribution is 2.32. The molecule has 0 unspecified atom stereocenters. The molecule has 2 aliphatic rings. The number of rotatable bonds is 1. The first-order chi connectivity index (χ1) is 12.8. The quantitative estimate of drug-likeness (QED) is 0.460. The van der Waals surface area contributed by atoms with E-state index < -0.39 is 0 Å². The zero-order valence-corrected chi connectivity index (χ0v) is 14.1. The minimum Gasteiger partial charge on any atom is -0.288 e. The standard InChI is InChI=1S/C19H9N5OS/c20-10-14-15-16(12-8-4-5-9-13(12)17(15)25)23-24-18(21-22-19(24)26-14)11-6-2-1-3-7-11/h1-9H. The van der Waals surface area contributed by atoms with E-state index in [-0.39, 0.29) is 10.3 Å². The van der Waals surface area contributed by atoms with Gasteiger partial charge in [0.25, 0.3) is 0 Å². The van der Waals surface area contributed by atoms with E-state index in [1.54, 1.807) is 10.6 Å². The van der Waals surface area contributed by atoms with Crippen LogP contribution < -0.4 is 5.43 Å². The number of benzene rings is 2. The topological polar surface area (TPSA) is 83.9 Å². The molecule has 0 radical (unpaired) electrons. The van der Waals surface area contributed by atoms with Crippen molar-refractivity contribution in [3.8, 4) is 28.7 Å². The van der Waals surface area contributed by atoms with Gasteiger partial charge in [-0.05, 0) is 0 Å². The van der Waals surface area contributed by atoms with Crippen LogP contribution in [0.1, 0.15) is 4.88 Å². The molecule has 0 saturated carbocycles. The molecule has 6 nitrogen and oxygen atoms in total. The van der Waals surface area contributed by atoms with Crippen molar-refractivity contribution in [1.29, 1.82) is 5.26 Å². The lowest BCUT2D eigenvalue weighted by Crippen LogP contribution is -1.99. The van der Waals surface area contributed by atoms with Crippen molar-refractivity contribution in [2.75, 3.05) is 0 Å². The molecule has 0 saturated heterocycles. The lowest BCUT2D eigenvalue weighted by Gasteiger charge is -1.97. The first-order valence-electron chi connectivity index (χ1n) is 7.84. The minimum absolute atomic E-state index is 0.177. The largest absolute Gasteiger partial charge is 0.288 e. The maximum absolute atomic E-state index is 12.8. The molecule has 0 spiro atoms. The number of nitriles is 1. The van der Waals surface area contributed by atoms with Crippen LogP contribution in [0.5, 0.6) is 0 Å². The van der Waals surface area contributed by atoms with Crippen molar-refractivity contribution in [2.45, 2.75) is 0 Å². The van der Waals surface area contributed by atoms with Gasteiger partial charge < -0.3 is 0 Å². The molecule has 0 bridgehead atoms. The van der Waals surface area contributed by atoms with Gasteiger partial charge in [0.2, 0.25) is 4.96 Å².